The number of esters is 1. The molecule has 0 spiro atoms. The molecule has 1 aromatic heterocycles. The molecule has 1 aromatic rings. The Morgan fingerprint density at radius 2 is 2.13 bits per heavy atom. The number of hydrogen-bond acceptors (Lipinski definition) is 8. The molecule has 3 fully saturated rings. The first-order valence-electron chi connectivity index (χ1n) is 14.1. The number of aliphatic hydroxyl groups is 2. The molecular formula is C30H42N2O5S. The van der Waals surface area contributed by atoms with Crippen LogP contribution >= 0.6 is 11.3 Å². The fraction of sp³-hybridized carbons (Fsp3) is 0.667. The van der Waals surface area contributed by atoms with Crippen molar-refractivity contribution >= 4 is 17.3 Å². The van der Waals surface area contributed by atoms with Crippen molar-refractivity contribution in [3.8, 4) is 6.07 Å². The largest absolute Gasteiger partial charge is 0.464 e. The van der Waals surface area contributed by atoms with Crippen molar-refractivity contribution in [2.45, 2.75) is 69.0 Å². The van der Waals surface area contributed by atoms with Crippen LogP contribution in [0.25, 0.3) is 0 Å². The Labute approximate surface area is 230 Å². The molecule has 208 valence electrons. The van der Waals surface area contributed by atoms with Crippen molar-refractivity contribution < 1.29 is 24.5 Å². The summed E-state index contributed by atoms with van der Waals surface area (Å²) in [5.74, 6) is -0.487. The molecule has 1 unspecified atom stereocenters. The molecular weight excluding hydrogens is 500 g/mol. The van der Waals surface area contributed by atoms with E-state index < -0.39 is 12.2 Å². The van der Waals surface area contributed by atoms with Crippen molar-refractivity contribution in [1.29, 1.82) is 5.26 Å². The highest BCUT2D eigenvalue weighted by molar-refractivity contribution is 7.10. The molecule has 2 heterocycles. The fourth-order valence-electron chi connectivity index (χ4n) is 6.10. The number of rotatable bonds is 13. The first-order chi connectivity index (χ1) is 18.5. The molecule has 1 aliphatic heterocycles. The third-order valence-corrected chi connectivity index (χ3v) is 9.68. The Kier molecular flexibility index (Phi) is 11.0. The van der Waals surface area contributed by atoms with Crippen molar-refractivity contribution in [3.63, 3.8) is 0 Å². The number of nitriles is 1. The van der Waals surface area contributed by atoms with E-state index in [9.17, 15) is 20.3 Å². The van der Waals surface area contributed by atoms with Crippen LogP contribution in [0.5, 0.6) is 0 Å². The Balaban J connectivity index is 1.21. The number of hydrogen-bond donors (Lipinski definition) is 2. The SMILES string of the molecule is N#C[C@@H]1C[C@@H](O)[C@H](/C=C/CC(O)C2(c3cccs3)CCC2)[C@H]1C/C=C\CCC(=O)OCCN1CCOCC1. The van der Waals surface area contributed by atoms with Gasteiger partial charge in [0.1, 0.15) is 6.61 Å². The lowest BCUT2D eigenvalue weighted by Crippen LogP contribution is -2.44. The quantitative estimate of drug-likeness (QED) is 0.284. The first-order valence-corrected chi connectivity index (χ1v) is 15.0. The lowest BCUT2D eigenvalue weighted by molar-refractivity contribution is -0.144. The van der Waals surface area contributed by atoms with Crippen LogP contribution in [0.2, 0.25) is 0 Å². The van der Waals surface area contributed by atoms with Gasteiger partial charge in [0.15, 0.2) is 0 Å². The minimum absolute atomic E-state index is 0.0232. The van der Waals surface area contributed by atoms with Gasteiger partial charge in [-0.05, 0) is 55.9 Å². The van der Waals surface area contributed by atoms with E-state index in [1.54, 1.807) is 11.3 Å². The van der Waals surface area contributed by atoms with Gasteiger partial charge in [-0.15, -0.1) is 11.3 Å². The smallest absolute Gasteiger partial charge is 0.306 e. The molecule has 38 heavy (non-hydrogen) atoms. The second-order valence-corrected chi connectivity index (χ2v) is 11.8. The van der Waals surface area contributed by atoms with E-state index in [4.69, 9.17) is 9.47 Å². The highest BCUT2D eigenvalue weighted by Crippen LogP contribution is 2.49. The van der Waals surface area contributed by atoms with Crippen molar-refractivity contribution in [2.75, 3.05) is 39.5 Å². The predicted octanol–water partition coefficient (Wildman–Crippen LogP) is 4.22. The van der Waals surface area contributed by atoms with Crippen LogP contribution in [0.1, 0.15) is 56.2 Å². The van der Waals surface area contributed by atoms with Gasteiger partial charge < -0.3 is 19.7 Å². The summed E-state index contributed by atoms with van der Waals surface area (Å²) in [6.07, 6.45) is 12.9. The maximum absolute atomic E-state index is 12.0. The standard InChI is InChI=1S/C30H42N2O5S/c31-22-23-21-26(33)25(8-4-9-27(34)30(12-6-13-30)28-10-5-20-38-28)24(23)7-2-1-3-11-29(35)37-19-16-32-14-17-36-18-15-32/h1-2,4-5,8,10,20,23-27,33-34H,3,6-7,9,11-19,21H2/b2-1-,8-4+/t23-,24-,25+,26+,27?/m0/s1. The van der Waals surface area contributed by atoms with Crippen LogP contribution in [-0.2, 0) is 19.7 Å². The van der Waals surface area contributed by atoms with E-state index in [-0.39, 0.29) is 29.1 Å². The van der Waals surface area contributed by atoms with Crippen LogP contribution in [0.15, 0.2) is 41.8 Å². The van der Waals surface area contributed by atoms with E-state index in [2.05, 4.69) is 22.4 Å². The lowest BCUT2D eigenvalue weighted by atomic mass is 9.63. The van der Waals surface area contributed by atoms with Gasteiger partial charge in [0.2, 0.25) is 0 Å². The molecule has 7 nitrogen and oxygen atoms in total. The topological polar surface area (TPSA) is 103 Å². The van der Waals surface area contributed by atoms with Crippen LogP contribution in [0, 0.1) is 29.1 Å². The zero-order chi connectivity index (χ0) is 26.8. The van der Waals surface area contributed by atoms with Gasteiger partial charge in [-0.1, -0.05) is 36.8 Å². The van der Waals surface area contributed by atoms with E-state index in [0.29, 0.717) is 38.7 Å². The number of morpholine rings is 1. The average Bonchev–Trinajstić information content (AvgIpc) is 3.52. The number of thiophene rings is 1. The molecule has 0 aromatic carbocycles. The zero-order valence-electron chi connectivity index (χ0n) is 22.2. The lowest BCUT2D eigenvalue weighted by Gasteiger charge is -2.45. The van der Waals surface area contributed by atoms with Crippen LogP contribution in [0.4, 0.5) is 0 Å². The molecule has 2 N–H and O–H groups in total. The van der Waals surface area contributed by atoms with Crippen LogP contribution in [-0.4, -0.2) is 72.7 Å². The third kappa shape index (κ3) is 7.34. The Hall–Kier alpha value is -2.02. The zero-order valence-corrected chi connectivity index (χ0v) is 23.1. The average molecular weight is 543 g/mol. The molecule has 0 bridgehead atoms. The highest BCUT2D eigenvalue weighted by atomic mass is 32.1. The summed E-state index contributed by atoms with van der Waals surface area (Å²) < 4.78 is 10.7. The van der Waals surface area contributed by atoms with Gasteiger partial charge in [-0.2, -0.15) is 5.26 Å². The van der Waals surface area contributed by atoms with E-state index in [1.807, 2.05) is 30.4 Å². The maximum atomic E-state index is 12.0. The highest BCUT2D eigenvalue weighted by Gasteiger charge is 2.45. The second kappa shape index (κ2) is 14.4. The monoisotopic (exact) mass is 542 g/mol. The molecule has 4 rings (SSSR count). The number of nitrogens with zero attached hydrogens (tertiary/aromatic N) is 2. The van der Waals surface area contributed by atoms with E-state index in [0.717, 1.165) is 52.1 Å². The van der Waals surface area contributed by atoms with Gasteiger partial charge in [0, 0.05) is 42.3 Å². The maximum Gasteiger partial charge on any atom is 0.306 e. The van der Waals surface area contributed by atoms with Gasteiger partial charge in [-0.25, -0.2) is 0 Å². The summed E-state index contributed by atoms with van der Waals surface area (Å²) in [6, 6.07) is 6.56. The molecule has 2 aliphatic carbocycles. The molecule has 0 amide bonds. The minimum atomic E-state index is -0.553. The van der Waals surface area contributed by atoms with Crippen molar-refractivity contribution in [2.24, 2.45) is 17.8 Å². The predicted molar refractivity (Wildman–Crippen MR) is 148 cm³/mol. The normalized spacial score (nSPS) is 28.3. The first kappa shape index (κ1) is 29.0. The number of carbonyl (C=O) groups excluding carboxylic acids is 1. The summed E-state index contributed by atoms with van der Waals surface area (Å²) in [7, 11) is 0. The molecule has 0 radical (unpaired) electrons. The van der Waals surface area contributed by atoms with E-state index >= 15 is 0 Å². The van der Waals surface area contributed by atoms with Gasteiger partial charge in [-0.3, -0.25) is 9.69 Å². The van der Waals surface area contributed by atoms with Crippen molar-refractivity contribution in [3.05, 3.63) is 46.7 Å². The second-order valence-electron chi connectivity index (χ2n) is 10.9. The van der Waals surface area contributed by atoms with Crippen molar-refractivity contribution in [1.82, 2.24) is 4.90 Å². The molecule has 2 saturated carbocycles. The van der Waals surface area contributed by atoms with Gasteiger partial charge in [0.05, 0.1) is 37.4 Å². The number of allylic oxidation sites excluding steroid dienone is 2. The molecule has 8 heteroatoms. The van der Waals surface area contributed by atoms with Gasteiger partial charge >= 0.3 is 5.97 Å². The van der Waals surface area contributed by atoms with Crippen LogP contribution in [0.3, 0.4) is 0 Å². The Bertz CT molecular complexity index is 962. The molecule has 3 aliphatic rings. The Morgan fingerprint density at radius 1 is 1.32 bits per heavy atom. The summed E-state index contributed by atoms with van der Waals surface area (Å²) >= 11 is 1.72. The van der Waals surface area contributed by atoms with E-state index in [1.165, 1.54) is 4.88 Å². The number of carbonyl (C=O) groups is 1. The number of ether oxygens (including phenoxy) is 2. The summed E-state index contributed by atoms with van der Waals surface area (Å²) in [4.78, 5) is 15.5. The molecule has 1 saturated heterocycles. The van der Waals surface area contributed by atoms with Gasteiger partial charge in [0.25, 0.3) is 0 Å². The fourth-order valence-corrected chi connectivity index (χ4v) is 7.13. The number of aliphatic hydroxyl groups excluding tert-OH is 2. The Morgan fingerprint density at radius 3 is 2.82 bits per heavy atom. The summed E-state index contributed by atoms with van der Waals surface area (Å²) in [5, 5.41) is 33.5. The minimum Gasteiger partial charge on any atom is -0.464 e. The van der Waals surface area contributed by atoms with Crippen LogP contribution < -0.4 is 0 Å². The molecule has 5 atom stereocenters. The third-order valence-electron chi connectivity index (χ3n) is 8.59. The summed E-state index contributed by atoms with van der Waals surface area (Å²) in [6.45, 7) is 4.38. The summed E-state index contributed by atoms with van der Waals surface area (Å²) in [5.41, 5.74) is -0.131.